The van der Waals surface area contributed by atoms with E-state index in [-0.39, 0.29) is 11.6 Å². The number of tetrazole rings is 1. The van der Waals surface area contributed by atoms with Crippen LogP contribution in [0.2, 0.25) is 5.02 Å². The van der Waals surface area contributed by atoms with Crippen molar-refractivity contribution < 1.29 is 9.18 Å². The molecule has 0 atom stereocenters. The van der Waals surface area contributed by atoms with Gasteiger partial charge in [-0.1, -0.05) is 29.8 Å². The molecular weight excluding hydrogens is 403 g/mol. The molecule has 10 heteroatoms. The fourth-order valence-corrected chi connectivity index (χ4v) is 3.67. The zero-order valence-electron chi connectivity index (χ0n) is 14.4. The molecule has 1 amide bonds. The second kappa shape index (κ2) is 7.45. The molecule has 4 rings (SSSR count). The largest absolute Gasteiger partial charge is 0.321 e. The van der Waals surface area contributed by atoms with E-state index in [1.165, 1.54) is 40.4 Å². The summed E-state index contributed by atoms with van der Waals surface area (Å²) in [5, 5.41) is 14.9. The Balaban J connectivity index is 1.58. The van der Waals surface area contributed by atoms with Gasteiger partial charge in [-0.15, -0.1) is 16.4 Å². The average molecular weight is 415 g/mol. The molecule has 0 fully saturated rings. The lowest BCUT2D eigenvalue weighted by Crippen LogP contribution is -2.11. The van der Waals surface area contributed by atoms with Gasteiger partial charge in [0.15, 0.2) is 5.82 Å². The quantitative estimate of drug-likeness (QED) is 0.542. The molecule has 2 aromatic heterocycles. The van der Waals surface area contributed by atoms with Crippen LogP contribution >= 0.6 is 22.9 Å². The van der Waals surface area contributed by atoms with Crippen molar-refractivity contribution in [2.24, 2.45) is 0 Å². The maximum atomic E-state index is 14.2. The summed E-state index contributed by atoms with van der Waals surface area (Å²) in [5.74, 6) is -0.441. The van der Waals surface area contributed by atoms with E-state index in [0.717, 1.165) is 5.56 Å². The van der Waals surface area contributed by atoms with Gasteiger partial charge >= 0.3 is 0 Å². The zero-order valence-corrected chi connectivity index (χ0v) is 16.0. The lowest BCUT2D eigenvalue weighted by Gasteiger charge is -2.08. The van der Waals surface area contributed by atoms with Crippen LogP contribution in [0.4, 0.5) is 10.1 Å². The van der Waals surface area contributed by atoms with Crippen LogP contribution in [-0.4, -0.2) is 31.1 Å². The average Bonchev–Trinajstić information content (AvgIpc) is 3.33. The third-order valence-corrected chi connectivity index (χ3v) is 5.25. The van der Waals surface area contributed by atoms with Gasteiger partial charge in [0.25, 0.3) is 5.91 Å². The molecule has 0 aliphatic rings. The molecule has 2 aromatic carbocycles. The number of hydrogen-bond donors (Lipinski definition) is 1. The number of halogens is 2. The van der Waals surface area contributed by atoms with Crippen LogP contribution in [0.25, 0.3) is 16.3 Å². The molecule has 0 aliphatic carbocycles. The van der Waals surface area contributed by atoms with E-state index < -0.39 is 5.82 Å². The summed E-state index contributed by atoms with van der Waals surface area (Å²) in [6.45, 7) is 1.65. The standard InChI is InChI=1S/C18H12ClFN6OS/c1-10-23-24-25-26(10)15-8-11(6-7-14(15)20)22-17(27)16-9-21-18(28-16)12-4-2-3-5-13(12)19/h2-9H,1H3,(H,22,27). The van der Waals surface area contributed by atoms with Crippen LogP contribution in [0.3, 0.4) is 0 Å². The summed E-state index contributed by atoms with van der Waals surface area (Å²) >= 11 is 7.40. The van der Waals surface area contributed by atoms with E-state index >= 15 is 0 Å². The second-order valence-corrected chi connectivity index (χ2v) is 7.21. The van der Waals surface area contributed by atoms with Crippen LogP contribution in [0, 0.1) is 12.7 Å². The summed E-state index contributed by atoms with van der Waals surface area (Å²) in [6, 6.07) is 11.4. The van der Waals surface area contributed by atoms with Crippen molar-refractivity contribution in [3.8, 4) is 16.3 Å². The molecule has 0 saturated heterocycles. The second-order valence-electron chi connectivity index (χ2n) is 5.77. The van der Waals surface area contributed by atoms with Crippen LogP contribution in [-0.2, 0) is 0 Å². The number of aryl methyl sites for hydroxylation is 1. The molecule has 0 saturated carbocycles. The van der Waals surface area contributed by atoms with Gasteiger partial charge in [0.1, 0.15) is 21.4 Å². The predicted octanol–water partition coefficient (Wildman–Crippen LogP) is 4.14. The Labute approximate surface area is 167 Å². The number of hydrogen-bond acceptors (Lipinski definition) is 6. The number of rotatable bonds is 4. The number of carbonyl (C=O) groups excluding carboxylic acids is 1. The highest BCUT2D eigenvalue weighted by Crippen LogP contribution is 2.31. The number of amides is 1. The monoisotopic (exact) mass is 414 g/mol. The molecule has 1 N–H and O–H groups in total. The molecule has 140 valence electrons. The molecule has 0 unspecified atom stereocenters. The molecule has 0 aliphatic heterocycles. The molecule has 4 aromatic rings. The fourth-order valence-electron chi connectivity index (χ4n) is 2.54. The van der Waals surface area contributed by atoms with E-state index in [1.807, 2.05) is 18.2 Å². The van der Waals surface area contributed by atoms with Gasteiger partial charge < -0.3 is 5.32 Å². The van der Waals surface area contributed by atoms with Crippen molar-refractivity contribution in [1.29, 1.82) is 0 Å². The van der Waals surface area contributed by atoms with Crippen molar-refractivity contribution in [1.82, 2.24) is 25.2 Å². The Bertz CT molecular complexity index is 1170. The minimum atomic E-state index is -0.507. The van der Waals surface area contributed by atoms with Gasteiger partial charge in [0.05, 0.1) is 11.2 Å². The highest BCUT2D eigenvalue weighted by molar-refractivity contribution is 7.17. The van der Waals surface area contributed by atoms with Crippen molar-refractivity contribution >= 4 is 34.5 Å². The van der Waals surface area contributed by atoms with Gasteiger partial charge in [-0.2, -0.15) is 4.68 Å². The van der Waals surface area contributed by atoms with Gasteiger partial charge in [0.2, 0.25) is 0 Å². The minimum Gasteiger partial charge on any atom is -0.321 e. The smallest absolute Gasteiger partial charge is 0.267 e. The van der Waals surface area contributed by atoms with E-state index in [0.29, 0.717) is 26.4 Å². The van der Waals surface area contributed by atoms with Crippen molar-refractivity contribution in [3.63, 3.8) is 0 Å². The summed E-state index contributed by atoms with van der Waals surface area (Å²) in [5.41, 5.74) is 1.30. The van der Waals surface area contributed by atoms with Crippen molar-refractivity contribution in [2.75, 3.05) is 5.32 Å². The van der Waals surface area contributed by atoms with E-state index in [4.69, 9.17) is 11.6 Å². The minimum absolute atomic E-state index is 0.140. The number of benzene rings is 2. The SMILES string of the molecule is Cc1nnnn1-c1cc(NC(=O)c2cnc(-c3ccccc3Cl)s2)ccc1F. The first kappa shape index (κ1) is 18.2. The third-order valence-electron chi connectivity index (χ3n) is 3.89. The van der Waals surface area contributed by atoms with Crippen molar-refractivity contribution in [2.45, 2.75) is 6.92 Å². The Morgan fingerprint density at radius 2 is 2.07 bits per heavy atom. The number of aromatic nitrogens is 5. The Morgan fingerprint density at radius 1 is 1.25 bits per heavy atom. The van der Waals surface area contributed by atoms with Crippen LogP contribution in [0.5, 0.6) is 0 Å². The summed E-state index contributed by atoms with van der Waals surface area (Å²) in [7, 11) is 0. The maximum Gasteiger partial charge on any atom is 0.267 e. The van der Waals surface area contributed by atoms with Crippen LogP contribution < -0.4 is 5.32 Å². The summed E-state index contributed by atoms with van der Waals surface area (Å²) in [4.78, 5) is 17.3. The molecule has 0 spiro atoms. The first-order valence-electron chi connectivity index (χ1n) is 8.10. The highest BCUT2D eigenvalue weighted by atomic mass is 35.5. The van der Waals surface area contributed by atoms with E-state index in [2.05, 4.69) is 25.8 Å². The zero-order chi connectivity index (χ0) is 19.7. The number of nitrogens with zero attached hydrogens (tertiary/aromatic N) is 5. The van der Waals surface area contributed by atoms with Crippen molar-refractivity contribution in [3.05, 3.63) is 70.2 Å². The van der Waals surface area contributed by atoms with Gasteiger partial charge in [0, 0.05) is 11.3 Å². The summed E-state index contributed by atoms with van der Waals surface area (Å²) < 4.78 is 15.4. The Kier molecular flexibility index (Phi) is 4.84. The van der Waals surface area contributed by atoms with Gasteiger partial charge in [-0.05, 0) is 41.6 Å². The fraction of sp³-hybridized carbons (Fsp3) is 0.0556. The summed E-state index contributed by atoms with van der Waals surface area (Å²) in [6.07, 6.45) is 1.48. The molecular formula is C18H12ClFN6OS. The maximum absolute atomic E-state index is 14.2. The predicted molar refractivity (Wildman–Crippen MR) is 104 cm³/mol. The number of anilines is 1. The van der Waals surface area contributed by atoms with Crippen LogP contribution in [0.15, 0.2) is 48.7 Å². The highest BCUT2D eigenvalue weighted by Gasteiger charge is 2.15. The van der Waals surface area contributed by atoms with E-state index in [1.54, 1.807) is 13.0 Å². The Morgan fingerprint density at radius 3 is 2.82 bits per heavy atom. The van der Waals surface area contributed by atoms with Crippen LogP contribution in [0.1, 0.15) is 15.5 Å². The Hall–Kier alpha value is -3.17. The number of carbonyl (C=O) groups is 1. The first-order chi connectivity index (χ1) is 13.5. The molecule has 0 bridgehead atoms. The lowest BCUT2D eigenvalue weighted by molar-refractivity contribution is 0.103. The van der Waals surface area contributed by atoms with Gasteiger partial charge in [-0.25, -0.2) is 9.37 Å². The third kappa shape index (κ3) is 3.49. The van der Waals surface area contributed by atoms with Gasteiger partial charge in [-0.3, -0.25) is 4.79 Å². The topological polar surface area (TPSA) is 85.6 Å². The molecule has 2 heterocycles. The molecule has 28 heavy (non-hydrogen) atoms. The lowest BCUT2D eigenvalue weighted by atomic mass is 10.2. The molecule has 7 nitrogen and oxygen atoms in total. The number of nitrogens with one attached hydrogen (secondary N) is 1. The normalized spacial score (nSPS) is 10.8. The van der Waals surface area contributed by atoms with E-state index in [9.17, 15) is 9.18 Å². The number of thiazole rings is 1. The molecule has 0 radical (unpaired) electrons. The first-order valence-corrected chi connectivity index (χ1v) is 9.29.